The average molecular weight is 387 g/mol. The van der Waals surface area contributed by atoms with Crippen molar-refractivity contribution < 1.29 is 9.59 Å². The molecular weight excluding hydrogens is 364 g/mol. The molecule has 0 saturated carbocycles. The highest BCUT2D eigenvalue weighted by molar-refractivity contribution is 6.30. The zero-order valence-electron chi connectivity index (χ0n) is 15.0. The fourth-order valence-electron chi connectivity index (χ4n) is 3.15. The summed E-state index contributed by atoms with van der Waals surface area (Å²) < 4.78 is 0. The van der Waals surface area contributed by atoms with E-state index in [1.165, 1.54) is 0 Å². The lowest BCUT2D eigenvalue weighted by Gasteiger charge is -2.31. The number of halogens is 1. The summed E-state index contributed by atoms with van der Waals surface area (Å²) in [6.45, 7) is 1.79. The number of carbonyl (C=O) groups excluding carboxylic acids is 2. The zero-order chi connectivity index (χ0) is 19.1. The van der Waals surface area contributed by atoms with E-state index in [2.05, 4.69) is 15.6 Å². The van der Waals surface area contributed by atoms with Gasteiger partial charge in [0.05, 0.1) is 0 Å². The summed E-state index contributed by atoms with van der Waals surface area (Å²) in [6, 6.07) is 10.8. The fraction of sp³-hybridized carbons (Fsp3) is 0.350. The summed E-state index contributed by atoms with van der Waals surface area (Å²) in [5.74, 6) is 0.342. The third kappa shape index (κ3) is 5.96. The summed E-state index contributed by atoms with van der Waals surface area (Å²) in [5.41, 5.74) is 1.67. The van der Waals surface area contributed by atoms with Crippen LogP contribution in [0.15, 0.2) is 48.8 Å². The van der Waals surface area contributed by atoms with E-state index >= 15 is 0 Å². The number of aromatic nitrogens is 1. The Hall–Kier alpha value is -2.60. The number of nitrogens with one attached hydrogen (secondary N) is 2. The lowest BCUT2D eigenvalue weighted by molar-refractivity contribution is -0.122. The molecule has 0 aliphatic carbocycles. The minimum Gasteiger partial charge on any atom is -0.352 e. The minimum absolute atomic E-state index is 0.0423. The number of carbonyl (C=O) groups is 2. The Kier molecular flexibility index (Phi) is 6.65. The summed E-state index contributed by atoms with van der Waals surface area (Å²) in [6.07, 6.45) is 5.59. The number of hydrogen-bond acceptors (Lipinski definition) is 3. The van der Waals surface area contributed by atoms with Gasteiger partial charge in [-0.2, -0.15) is 0 Å². The summed E-state index contributed by atoms with van der Waals surface area (Å²) in [7, 11) is 0. The number of pyridine rings is 1. The van der Waals surface area contributed by atoms with Gasteiger partial charge in [-0.1, -0.05) is 23.7 Å². The number of nitrogens with zero attached hydrogens (tertiary/aromatic N) is 2. The van der Waals surface area contributed by atoms with Crippen molar-refractivity contribution in [1.29, 1.82) is 0 Å². The number of likely N-dealkylation sites (tertiary alicyclic amines) is 1. The standard InChI is InChI=1S/C20H23ClN4O2/c21-17-4-1-5-18(12-17)24-20(27)25-9-6-15(7-10-25)11-19(26)23-14-16-3-2-8-22-13-16/h1-5,8,12-13,15H,6-7,9-11,14H2,(H,23,26)(H,24,27). The third-order valence-electron chi connectivity index (χ3n) is 4.66. The molecule has 2 aromatic rings. The predicted octanol–water partition coefficient (Wildman–Crippen LogP) is 3.69. The van der Waals surface area contributed by atoms with Gasteiger partial charge >= 0.3 is 6.03 Å². The van der Waals surface area contributed by atoms with Crippen LogP contribution in [0.2, 0.25) is 5.02 Å². The number of piperidine rings is 1. The molecule has 2 N–H and O–H groups in total. The van der Waals surface area contributed by atoms with Crippen LogP contribution in [-0.2, 0) is 11.3 Å². The lowest BCUT2D eigenvalue weighted by atomic mass is 9.93. The first-order valence-corrected chi connectivity index (χ1v) is 9.45. The van der Waals surface area contributed by atoms with Gasteiger partial charge in [0.25, 0.3) is 0 Å². The smallest absolute Gasteiger partial charge is 0.321 e. The summed E-state index contributed by atoms with van der Waals surface area (Å²) in [4.78, 5) is 30.3. The molecule has 3 rings (SSSR count). The van der Waals surface area contributed by atoms with Crippen LogP contribution in [0.5, 0.6) is 0 Å². The van der Waals surface area contributed by atoms with Gasteiger partial charge in [-0.3, -0.25) is 9.78 Å². The first kappa shape index (κ1) is 19.2. The van der Waals surface area contributed by atoms with Gasteiger partial charge < -0.3 is 15.5 Å². The summed E-state index contributed by atoms with van der Waals surface area (Å²) >= 11 is 5.94. The Bertz CT molecular complexity index is 777. The van der Waals surface area contributed by atoms with E-state index in [9.17, 15) is 9.59 Å². The largest absolute Gasteiger partial charge is 0.352 e. The highest BCUT2D eigenvalue weighted by Crippen LogP contribution is 2.22. The van der Waals surface area contributed by atoms with Gasteiger partial charge in [0.15, 0.2) is 0 Å². The highest BCUT2D eigenvalue weighted by atomic mass is 35.5. The first-order valence-electron chi connectivity index (χ1n) is 9.07. The molecule has 0 atom stereocenters. The van der Waals surface area contributed by atoms with Crippen LogP contribution in [-0.4, -0.2) is 34.9 Å². The molecule has 2 heterocycles. The van der Waals surface area contributed by atoms with Crippen LogP contribution in [0.1, 0.15) is 24.8 Å². The Morgan fingerprint density at radius 2 is 2.00 bits per heavy atom. The molecule has 142 valence electrons. The molecule has 1 aromatic carbocycles. The van der Waals surface area contributed by atoms with Crippen LogP contribution in [0, 0.1) is 5.92 Å². The van der Waals surface area contributed by atoms with Crippen LogP contribution in [0.25, 0.3) is 0 Å². The molecular formula is C20H23ClN4O2. The first-order chi connectivity index (χ1) is 13.1. The molecule has 7 heteroatoms. The van der Waals surface area contributed by atoms with Gasteiger partial charge in [0, 0.05) is 49.2 Å². The molecule has 1 aliphatic heterocycles. The van der Waals surface area contributed by atoms with E-state index < -0.39 is 0 Å². The van der Waals surface area contributed by atoms with E-state index in [1.54, 1.807) is 35.5 Å². The number of hydrogen-bond donors (Lipinski definition) is 2. The second kappa shape index (κ2) is 9.37. The molecule has 0 spiro atoms. The van der Waals surface area contributed by atoms with Crippen molar-refractivity contribution >= 4 is 29.2 Å². The van der Waals surface area contributed by atoms with Gasteiger partial charge in [-0.05, 0) is 48.6 Å². The lowest BCUT2D eigenvalue weighted by Crippen LogP contribution is -2.41. The maximum absolute atomic E-state index is 12.4. The second-order valence-electron chi connectivity index (χ2n) is 6.71. The van der Waals surface area contributed by atoms with Gasteiger partial charge in [-0.15, -0.1) is 0 Å². The molecule has 1 aromatic heterocycles. The molecule has 27 heavy (non-hydrogen) atoms. The second-order valence-corrected chi connectivity index (χ2v) is 7.15. The monoisotopic (exact) mass is 386 g/mol. The van der Waals surface area contributed by atoms with Crippen molar-refractivity contribution in [3.63, 3.8) is 0 Å². The topological polar surface area (TPSA) is 74.3 Å². The zero-order valence-corrected chi connectivity index (χ0v) is 15.8. The minimum atomic E-state index is -0.128. The number of benzene rings is 1. The van der Waals surface area contributed by atoms with E-state index in [4.69, 9.17) is 11.6 Å². The molecule has 0 bridgehead atoms. The normalized spacial score (nSPS) is 14.6. The number of anilines is 1. The number of urea groups is 1. The van der Waals surface area contributed by atoms with E-state index in [-0.39, 0.29) is 11.9 Å². The van der Waals surface area contributed by atoms with E-state index in [0.717, 1.165) is 18.4 Å². The molecule has 1 fully saturated rings. The van der Waals surface area contributed by atoms with E-state index in [0.29, 0.717) is 42.7 Å². The van der Waals surface area contributed by atoms with Crippen molar-refractivity contribution in [3.05, 3.63) is 59.4 Å². The number of amides is 3. The van der Waals surface area contributed by atoms with Crippen molar-refractivity contribution in [2.45, 2.75) is 25.8 Å². The van der Waals surface area contributed by atoms with Crippen LogP contribution in [0.3, 0.4) is 0 Å². The number of rotatable bonds is 5. The van der Waals surface area contributed by atoms with Crippen LogP contribution in [0.4, 0.5) is 10.5 Å². The van der Waals surface area contributed by atoms with Crippen molar-refractivity contribution in [2.75, 3.05) is 18.4 Å². The summed E-state index contributed by atoms with van der Waals surface area (Å²) in [5, 5.41) is 6.38. The Labute approximate surface area is 163 Å². The van der Waals surface area contributed by atoms with Gasteiger partial charge in [0.1, 0.15) is 0 Å². The molecule has 3 amide bonds. The fourth-order valence-corrected chi connectivity index (χ4v) is 3.34. The molecule has 0 radical (unpaired) electrons. The predicted molar refractivity (Wildman–Crippen MR) is 105 cm³/mol. The van der Waals surface area contributed by atoms with Crippen molar-refractivity contribution in [2.24, 2.45) is 5.92 Å². The van der Waals surface area contributed by atoms with Crippen molar-refractivity contribution in [3.8, 4) is 0 Å². The van der Waals surface area contributed by atoms with Gasteiger partial charge in [0.2, 0.25) is 5.91 Å². The highest BCUT2D eigenvalue weighted by Gasteiger charge is 2.24. The van der Waals surface area contributed by atoms with Crippen LogP contribution >= 0.6 is 11.6 Å². The molecule has 6 nitrogen and oxygen atoms in total. The Balaban J connectivity index is 1.39. The van der Waals surface area contributed by atoms with Gasteiger partial charge in [-0.25, -0.2) is 4.79 Å². The van der Waals surface area contributed by atoms with Crippen molar-refractivity contribution in [1.82, 2.24) is 15.2 Å². The molecule has 1 aliphatic rings. The Morgan fingerprint density at radius 1 is 1.19 bits per heavy atom. The van der Waals surface area contributed by atoms with E-state index in [1.807, 2.05) is 18.2 Å². The third-order valence-corrected chi connectivity index (χ3v) is 4.90. The molecule has 1 saturated heterocycles. The maximum Gasteiger partial charge on any atom is 0.321 e. The average Bonchev–Trinajstić information content (AvgIpc) is 2.68. The maximum atomic E-state index is 12.4. The van der Waals surface area contributed by atoms with Crippen LogP contribution < -0.4 is 10.6 Å². The Morgan fingerprint density at radius 3 is 2.70 bits per heavy atom. The molecule has 0 unspecified atom stereocenters. The SMILES string of the molecule is O=C(CC1CCN(C(=O)Nc2cccc(Cl)c2)CC1)NCc1cccnc1. The quantitative estimate of drug-likeness (QED) is 0.823.